The first-order valence-corrected chi connectivity index (χ1v) is 10.9. The van der Waals surface area contributed by atoms with E-state index in [0.717, 1.165) is 31.5 Å². The van der Waals surface area contributed by atoms with Gasteiger partial charge in [-0.3, -0.25) is 9.89 Å². The molecule has 7 nitrogen and oxygen atoms in total. The van der Waals surface area contributed by atoms with E-state index in [1.54, 1.807) is 11.4 Å². The number of guanidine groups is 1. The monoisotopic (exact) mass is 357 g/mol. The van der Waals surface area contributed by atoms with Gasteiger partial charge in [-0.2, -0.15) is 0 Å². The minimum atomic E-state index is -3.06. The highest BCUT2D eigenvalue weighted by atomic mass is 32.2. The molecule has 0 amide bonds. The molecule has 0 aromatic rings. The molecule has 0 bridgehead atoms. The van der Waals surface area contributed by atoms with Gasteiger partial charge in [-0.25, -0.2) is 12.7 Å². The van der Waals surface area contributed by atoms with E-state index in [4.69, 9.17) is 0 Å². The van der Waals surface area contributed by atoms with Crippen LogP contribution in [-0.2, 0) is 10.0 Å². The lowest BCUT2D eigenvalue weighted by atomic mass is 10.1. The van der Waals surface area contributed by atoms with E-state index in [1.807, 2.05) is 0 Å². The summed E-state index contributed by atoms with van der Waals surface area (Å²) < 4.78 is 24.8. The molecule has 3 atom stereocenters. The lowest BCUT2D eigenvalue weighted by Crippen LogP contribution is -2.47. The van der Waals surface area contributed by atoms with Crippen molar-refractivity contribution in [3.63, 3.8) is 0 Å². The fraction of sp³-hybridized carbons (Fsp3) is 0.938. The van der Waals surface area contributed by atoms with Crippen LogP contribution in [0.25, 0.3) is 0 Å². The summed E-state index contributed by atoms with van der Waals surface area (Å²) in [4.78, 5) is 6.94. The zero-order chi connectivity index (χ0) is 17.3. The van der Waals surface area contributed by atoms with E-state index in [-0.39, 0.29) is 0 Å². The van der Waals surface area contributed by atoms with E-state index in [0.29, 0.717) is 31.0 Å². The van der Waals surface area contributed by atoms with Crippen molar-refractivity contribution in [2.24, 2.45) is 16.8 Å². The van der Waals surface area contributed by atoms with Crippen molar-refractivity contribution in [3.8, 4) is 0 Å². The van der Waals surface area contributed by atoms with Gasteiger partial charge < -0.3 is 10.6 Å². The van der Waals surface area contributed by atoms with Crippen LogP contribution in [0.1, 0.15) is 26.2 Å². The van der Waals surface area contributed by atoms with Gasteiger partial charge in [0.05, 0.1) is 6.26 Å². The first-order valence-electron chi connectivity index (χ1n) is 9.03. The molecule has 138 valence electrons. The first kappa shape index (κ1) is 17.9. The fourth-order valence-electron chi connectivity index (χ4n) is 3.81. The maximum absolute atomic E-state index is 11.6. The second-order valence-electron chi connectivity index (χ2n) is 7.64. The number of rotatable bonds is 5. The Morgan fingerprint density at radius 3 is 2.54 bits per heavy atom. The summed E-state index contributed by atoms with van der Waals surface area (Å²) in [5, 5.41) is 6.95. The number of hydrogen-bond donors (Lipinski definition) is 2. The van der Waals surface area contributed by atoms with Crippen molar-refractivity contribution in [1.29, 1.82) is 0 Å². The van der Waals surface area contributed by atoms with E-state index >= 15 is 0 Å². The molecule has 0 radical (unpaired) electrons. The summed E-state index contributed by atoms with van der Waals surface area (Å²) in [6.45, 7) is 6.57. The van der Waals surface area contributed by atoms with Gasteiger partial charge in [0.15, 0.2) is 5.96 Å². The van der Waals surface area contributed by atoms with Crippen LogP contribution in [0.15, 0.2) is 4.99 Å². The van der Waals surface area contributed by atoms with Crippen molar-refractivity contribution in [1.82, 2.24) is 19.8 Å². The lowest BCUT2D eigenvalue weighted by Gasteiger charge is -2.21. The summed E-state index contributed by atoms with van der Waals surface area (Å²) in [6.07, 6.45) is 4.90. The summed E-state index contributed by atoms with van der Waals surface area (Å²) in [7, 11) is -1.26. The number of aliphatic imine (C=N–C) groups is 1. The largest absolute Gasteiger partial charge is 0.356 e. The molecule has 3 rings (SSSR count). The molecule has 2 N–H and O–H groups in total. The quantitative estimate of drug-likeness (QED) is 0.531. The van der Waals surface area contributed by atoms with Gasteiger partial charge >= 0.3 is 0 Å². The Morgan fingerprint density at radius 1 is 1.21 bits per heavy atom. The molecule has 2 saturated heterocycles. The molecular formula is C16H31N5O2S. The normalized spacial score (nSPS) is 33.1. The van der Waals surface area contributed by atoms with E-state index < -0.39 is 10.0 Å². The maximum atomic E-state index is 11.6. The number of sulfonamides is 1. The molecule has 0 aromatic heterocycles. The second-order valence-corrected chi connectivity index (χ2v) is 9.62. The van der Waals surface area contributed by atoms with Crippen molar-refractivity contribution in [3.05, 3.63) is 0 Å². The standard InChI is InChI=1S/C16H31N5O2S/c1-12-9-20(14-4-5-14)11-15(12)19-16(17-2)18-8-13-6-7-21(10-13)24(3,22)23/h12-15H,4-11H2,1-3H3,(H2,17,18,19). The van der Waals surface area contributed by atoms with Gasteiger partial charge in [0.2, 0.25) is 10.0 Å². The Labute approximate surface area is 145 Å². The third-order valence-corrected chi connectivity index (χ3v) is 6.80. The van der Waals surface area contributed by atoms with E-state index in [1.165, 1.54) is 25.6 Å². The Hall–Kier alpha value is -0.860. The number of nitrogens with zero attached hydrogens (tertiary/aromatic N) is 3. The Morgan fingerprint density at radius 2 is 1.96 bits per heavy atom. The Bertz CT molecular complexity index is 575. The Kier molecular flexibility index (Phi) is 5.36. The van der Waals surface area contributed by atoms with Gasteiger partial charge in [-0.05, 0) is 31.1 Å². The molecule has 8 heteroatoms. The van der Waals surface area contributed by atoms with Gasteiger partial charge in [0.25, 0.3) is 0 Å². The SMILES string of the molecule is CN=C(NCC1CCN(S(C)(=O)=O)C1)NC1CN(C2CC2)CC1C. The molecule has 24 heavy (non-hydrogen) atoms. The topological polar surface area (TPSA) is 77.0 Å². The Balaban J connectivity index is 1.44. The second kappa shape index (κ2) is 7.17. The zero-order valence-corrected chi connectivity index (χ0v) is 15.8. The van der Waals surface area contributed by atoms with Crippen LogP contribution < -0.4 is 10.6 Å². The van der Waals surface area contributed by atoms with Crippen molar-refractivity contribution in [2.45, 2.75) is 38.3 Å². The van der Waals surface area contributed by atoms with Crippen LogP contribution in [0.4, 0.5) is 0 Å². The first-order chi connectivity index (χ1) is 11.4. The van der Waals surface area contributed by atoms with Gasteiger partial charge in [-0.15, -0.1) is 0 Å². The van der Waals surface area contributed by atoms with Crippen LogP contribution in [0.3, 0.4) is 0 Å². The third kappa shape index (κ3) is 4.40. The predicted octanol–water partition coefficient (Wildman–Crippen LogP) is -0.0844. The van der Waals surface area contributed by atoms with Crippen molar-refractivity contribution in [2.75, 3.05) is 46.0 Å². The number of likely N-dealkylation sites (tertiary alicyclic amines) is 1. The van der Waals surface area contributed by atoms with Crippen LogP contribution in [0, 0.1) is 11.8 Å². The van der Waals surface area contributed by atoms with Crippen molar-refractivity contribution < 1.29 is 8.42 Å². The highest BCUT2D eigenvalue weighted by Crippen LogP contribution is 2.31. The van der Waals surface area contributed by atoms with E-state index in [9.17, 15) is 8.42 Å². The van der Waals surface area contributed by atoms with Gasteiger partial charge in [0.1, 0.15) is 0 Å². The molecule has 2 heterocycles. The minimum Gasteiger partial charge on any atom is -0.356 e. The van der Waals surface area contributed by atoms with Crippen LogP contribution in [0.2, 0.25) is 0 Å². The molecule has 2 aliphatic heterocycles. The van der Waals surface area contributed by atoms with Gasteiger partial charge in [0, 0.05) is 51.9 Å². The fourth-order valence-corrected chi connectivity index (χ4v) is 4.72. The van der Waals surface area contributed by atoms with Crippen LogP contribution in [-0.4, -0.2) is 81.7 Å². The summed E-state index contributed by atoms with van der Waals surface area (Å²) in [5.74, 6) is 1.81. The molecule has 3 unspecified atom stereocenters. The molecule has 3 fully saturated rings. The number of nitrogens with one attached hydrogen (secondary N) is 2. The average molecular weight is 358 g/mol. The summed E-state index contributed by atoms with van der Waals surface area (Å²) in [6, 6.07) is 1.25. The van der Waals surface area contributed by atoms with Crippen LogP contribution >= 0.6 is 0 Å². The molecular weight excluding hydrogens is 326 g/mol. The molecule has 1 saturated carbocycles. The number of hydrogen-bond acceptors (Lipinski definition) is 4. The predicted molar refractivity (Wildman–Crippen MR) is 96.6 cm³/mol. The summed E-state index contributed by atoms with van der Waals surface area (Å²) >= 11 is 0. The highest BCUT2D eigenvalue weighted by molar-refractivity contribution is 7.88. The average Bonchev–Trinajstić information content (AvgIpc) is 3.14. The van der Waals surface area contributed by atoms with Gasteiger partial charge in [-0.1, -0.05) is 6.92 Å². The molecule has 0 spiro atoms. The molecule has 1 aliphatic carbocycles. The maximum Gasteiger partial charge on any atom is 0.211 e. The minimum absolute atomic E-state index is 0.349. The molecule has 3 aliphatic rings. The lowest BCUT2D eigenvalue weighted by molar-refractivity contribution is 0.315. The smallest absolute Gasteiger partial charge is 0.211 e. The van der Waals surface area contributed by atoms with Crippen LogP contribution in [0.5, 0.6) is 0 Å². The van der Waals surface area contributed by atoms with Crippen molar-refractivity contribution >= 4 is 16.0 Å². The third-order valence-electron chi connectivity index (χ3n) is 5.53. The molecule has 0 aromatic carbocycles. The zero-order valence-electron chi connectivity index (χ0n) is 15.0. The van der Waals surface area contributed by atoms with E-state index in [2.05, 4.69) is 27.4 Å². The summed E-state index contributed by atoms with van der Waals surface area (Å²) in [5.41, 5.74) is 0. The highest BCUT2D eigenvalue weighted by Gasteiger charge is 2.38.